The second kappa shape index (κ2) is 5.11. The van der Waals surface area contributed by atoms with Gasteiger partial charge in [-0.2, -0.15) is 0 Å². The van der Waals surface area contributed by atoms with Gasteiger partial charge in [-0.1, -0.05) is 0 Å². The molecule has 94 valence electrons. The van der Waals surface area contributed by atoms with Gasteiger partial charge in [0.2, 0.25) is 15.5 Å². The molecule has 7 nitrogen and oxygen atoms in total. The van der Waals surface area contributed by atoms with Gasteiger partial charge < -0.3 is 9.30 Å². The van der Waals surface area contributed by atoms with Gasteiger partial charge >= 0.3 is 5.97 Å². The molecule has 2 N–H and O–H groups in total. The summed E-state index contributed by atoms with van der Waals surface area (Å²) < 4.78 is 28.0. The third kappa shape index (κ3) is 3.68. The van der Waals surface area contributed by atoms with Crippen LogP contribution >= 0.6 is 0 Å². The summed E-state index contributed by atoms with van der Waals surface area (Å²) in [4.78, 5) is 21.8. The monoisotopic (exact) mass is 260 g/mol. The molecule has 0 fully saturated rings. The fraction of sp³-hybridized carbons (Fsp3) is 0.333. The highest BCUT2D eigenvalue weighted by atomic mass is 32.2. The van der Waals surface area contributed by atoms with Crippen LogP contribution in [0.15, 0.2) is 28.2 Å². The van der Waals surface area contributed by atoms with Crippen LogP contribution in [0.3, 0.4) is 0 Å². The first-order valence-corrected chi connectivity index (χ1v) is 6.27. The fourth-order valence-corrected chi connectivity index (χ4v) is 1.80. The first-order chi connectivity index (χ1) is 7.84. The molecule has 1 heterocycles. The van der Waals surface area contributed by atoms with Crippen LogP contribution in [-0.4, -0.2) is 25.6 Å². The van der Waals surface area contributed by atoms with Crippen molar-refractivity contribution in [3.8, 4) is 0 Å². The van der Waals surface area contributed by atoms with E-state index in [2.05, 4.69) is 4.74 Å². The van der Waals surface area contributed by atoms with Crippen LogP contribution in [0.2, 0.25) is 0 Å². The molecule has 8 heteroatoms. The predicted octanol–water partition coefficient (Wildman–Crippen LogP) is -0.941. The molecule has 0 unspecified atom stereocenters. The Morgan fingerprint density at radius 1 is 1.53 bits per heavy atom. The van der Waals surface area contributed by atoms with E-state index in [1.54, 1.807) is 6.92 Å². The van der Waals surface area contributed by atoms with E-state index < -0.39 is 26.3 Å². The van der Waals surface area contributed by atoms with E-state index in [1.165, 1.54) is 10.8 Å². The van der Waals surface area contributed by atoms with Crippen LogP contribution < -0.4 is 10.6 Å². The maximum Gasteiger partial charge on any atom is 0.325 e. The van der Waals surface area contributed by atoms with Crippen molar-refractivity contribution >= 4 is 16.0 Å². The van der Waals surface area contributed by atoms with Crippen molar-refractivity contribution in [2.45, 2.75) is 18.4 Å². The maximum atomic E-state index is 11.2. The van der Waals surface area contributed by atoms with Crippen LogP contribution in [0.4, 0.5) is 0 Å². The van der Waals surface area contributed by atoms with E-state index in [9.17, 15) is 18.0 Å². The average Bonchev–Trinajstić information content (AvgIpc) is 2.19. The molecule has 0 aliphatic rings. The van der Waals surface area contributed by atoms with Gasteiger partial charge in [-0.15, -0.1) is 0 Å². The van der Waals surface area contributed by atoms with Crippen molar-refractivity contribution in [1.82, 2.24) is 4.57 Å². The number of pyridine rings is 1. The highest BCUT2D eigenvalue weighted by Crippen LogP contribution is 1.99. The molecule has 0 amide bonds. The van der Waals surface area contributed by atoms with Crippen LogP contribution in [0.1, 0.15) is 6.92 Å². The Labute approximate surface area is 97.9 Å². The van der Waals surface area contributed by atoms with Crippen LogP contribution in [0.25, 0.3) is 0 Å². The minimum Gasteiger partial charge on any atom is -0.465 e. The largest absolute Gasteiger partial charge is 0.465 e. The summed E-state index contributed by atoms with van der Waals surface area (Å²) in [6, 6.07) is 1.03. The molecule has 1 aromatic heterocycles. The van der Waals surface area contributed by atoms with Crippen molar-refractivity contribution in [3.05, 3.63) is 28.7 Å². The maximum absolute atomic E-state index is 11.2. The SMILES string of the molecule is CCOC(=O)Cn1ccc(=O)c(S(N)(=O)=O)c1. The predicted molar refractivity (Wildman–Crippen MR) is 58.7 cm³/mol. The first-order valence-electron chi connectivity index (χ1n) is 4.73. The van der Waals surface area contributed by atoms with Gasteiger partial charge in [-0.05, 0) is 6.92 Å². The highest BCUT2D eigenvalue weighted by molar-refractivity contribution is 7.89. The van der Waals surface area contributed by atoms with Gasteiger partial charge in [0.25, 0.3) is 0 Å². The van der Waals surface area contributed by atoms with E-state index in [1.807, 2.05) is 0 Å². The van der Waals surface area contributed by atoms with Crippen LogP contribution in [-0.2, 0) is 26.1 Å². The Bertz CT molecular complexity index is 575. The number of nitrogens with zero attached hydrogens (tertiary/aromatic N) is 1. The average molecular weight is 260 g/mol. The lowest BCUT2D eigenvalue weighted by Crippen LogP contribution is -2.24. The Hall–Kier alpha value is -1.67. The van der Waals surface area contributed by atoms with Gasteiger partial charge in [0.15, 0.2) is 0 Å². The van der Waals surface area contributed by atoms with Crippen molar-refractivity contribution in [1.29, 1.82) is 0 Å². The van der Waals surface area contributed by atoms with Crippen LogP contribution in [0, 0.1) is 0 Å². The zero-order chi connectivity index (χ0) is 13.1. The molecule has 0 bridgehead atoms. The lowest BCUT2D eigenvalue weighted by molar-refractivity contribution is -0.143. The van der Waals surface area contributed by atoms with E-state index >= 15 is 0 Å². The number of hydrogen-bond acceptors (Lipinski definition) is 5. The molecule has 1 aromatic rings. The lowest BCUT2D eigenvalue weighted by Gasteiger charge is -2.06. The standard InChI is InChI=1S/C9H12N2O5S/c1-2-16-9(13)6-11-4-3-7(12)8(5-11)17(10,14)15/h3-5H,2,6H2,1H3,(H2,10,14,15). The minimum absolute atomic E-state index is 0.184. The normalized spacial score (nSPS) is 11.2. The van der Waals surface area contributed by atoms with E-state index in [-0.39, 0.29) is 13.2 Å². The highest BCUT2D eigenvalue weighted by Gasteiger charge is 2.13. The number of esters is 1. The smallest absolute Gasteiger partial charge is 0.325 e. The molecule has 0 radical (unpaired) electrons. The topological polar surface area (TPSA) is 108 Å². The molecule has 0 atom stereocenters. The summed E-state index contributed by atoms with van der Waals surface area (Å²) in [6.07, 6.45) is 2.29. The summed E-state index contributed by atoms with van der Waals surface area (Å²) in [5, 5.41) is 4.86. The van der Waals surface area contributed by atoms with E-state index in [4.69, 9.17) is 5.14 Å². The van der Waals surface area contributed by atoms with Crippen LogP contribution in [0.5, 0.6) is 0 Å². The van der Waals surface area contributed by atoms with Gasteiger partial charge in [0, 0.05) is 18.5 Å². The fourth-order valence-electron chi connectivity index (χ4n) is 1.17. The second-order valence-electron chi connectivity index (χ2n) is 3.20. The number of hydrogen-bond donors (Lipinski definition) is 1. The molecule has 17 heavy (non-hydrogen) atoms. The van der Waals surface area contributed by atoms with E-state index in [0.29, 0.717) is 0 Å². The Morgan fingerprint density at radius 3 is 2.71 bits per heavy atom. The molecular weight excluding hydrogens is 248 g/mol. The summed E-state index contributed by atoms with van der Waals surface area (Å²) in [7, 11) is -4.09. The molecule has 0 aliphatic heterocycles. The molecular formula is C9H12N2O5S. The molecule has 0 aliphatic carbocycles. The zero-order valence-electron chi connectivity index (χ0n) is 9.12. The molecule has 0 saturated carbocycles. The number of primary sulfonamides is 1. The molecule has 1 rings (SSSR count). The Morgan fingerprint density at radius 2 is 2.18 bits per heavy atom. The first kappa shape index (κ1) is 13.4. The lowest BCUT2D eigenvalue weighted by atomic mass is 10.4. The molecule has 0 saturated heterocycles. The summed E-state index contributed by atoms with van der Waals surface area (Å²) in [5.41, 5.74) is -0.715. The van der Waals surface area contributed by atoms with Crippen molar-refractivity contribution in [2.75, 3.05) is 6.61 Å². The van der Waals surface area contributed by atoms with Crippen molar-refractivity contribution in [3.63, 3.8) is 0 Å². The summed E-state index contributed by atoms with van der Waals surface area (Å²) >= 11 is 0. The van der Waals surface area contributed by atoms with Gasteiger partial charge in [0.05, 0.1) is 6.61 Å². The number of rotatable bonds is 4. The Kier molecular flexibility index (Phi) is 4.02. The number of sulfonamides is 1. The third-order valence-corrected chi connectivity index (χ3v) is 2.79. The number of nitrogens with two attached hydrogens (primary N) is 1. The number of aromatic nitrogens is 1. The van der Waals surface area contributed by atoms with Crippen molar-refractivity contribution in [2.24, 2.45) is 5.14 Å². The summed E-state index contributed by atoms with van der Waals surface area (Å²) in [5.74, 6) is -0.531. The summed E-state index contributed by atoms with van der Waals surface area (Å²) in [6.45, 7) is 1.69. The number of ether oxygens (including phenoxy) is 1. The quantitative estimate of drug-likeness (QED) is 0.703. The number of carbonyl (C=O) groups is 1. The Balaban J connectivity index is 3.06. The number of carbonyl (C=O) groups excluding carboxylic acids is 1. The molecule has 0 aromatic carbocycles. The van der Waals surface area contributed by atoms with Gasteiger partial charge in [-0.3, -0.25) is 9.59 Å². The zero-order valence-corrected chi connectivity index (χ0v) is 9.94. The van der Waals surface area contributed by atoms with Gasteiger partial charge in [-0.25, -0.2) is 13.6 Å². The van der Waals surface area contributed by atoms with E-state index in [0.717, 1.165) is 12.3 Å². The van der Waals surface area contributed by atoms with Crippen molar-refractivity contribution < 1.29 is 17.9 Å². The molecule has 0 spiro atoms. The van der Waals surface area contributed by atoms with Gasteiger partial charge in [0.1, 0.15) is 11.4 Å². The third-order valence-electron chi connectivity index (χ3n) is 1.87. The minimum atomic E-state index is -4.09. The second-order valence-corrected chi connectivity index (χ2v) is 4.73.